The molecule has 9 heteroatoms. The van der Waals surface area contributed by atoms with Crippen molar-refractivity contribution in [2.75, 3.05) is 50.1 Å². The number of likely N-dealkylation sites (N-methyl/N-ethyl adjacent to an activating group) is 2. The van der Waals surface area contributed by atoms with E-state index in [1.165, 1.54) is 0 Å². The highest BCUT2D eigenvalue weighted by Crippen LogP contribution is 2.28. The summed E-state index contributed by atoms with van der Waals surface area (Å²) in [6, 6.07) is 11.7. The third kappa shape index (κ3) is 5.83. The number of nitrogens with one attached hydrogen (secondary N) is 1. The number of anilines is 3. The molecule has 2 amide bonds. The van der Waals surface area contributed by atoms with E-state index >= 15 is 0 Å². The van der Waals surface area contributed by atoms with Gasteiger partial charge in [0.15, 0.2) is 0 Å². The van der Waals surface area contributed by atoms with Crippen LogP contribution in [0.2, 0.25) is 0 Å². The lowest BCUT2D eigenvalue weighted by molar-refractivity contribution is -0.115. The summed E-state index contributed by atoms with van der Waals surface area (Å²) in [7, 11) is 3.90. The number of para-hydroxylation sites is 1. The molecule has 1 saturated heterocycles. The van der Waals surface area contributed by atoms with Gasteiger partial charge in [-0.05, 0) is 43.1 Å². The van der Waals surface area contributed by atoms with Gasteiger partial charge in [0.2, 0.25) is 5.95 Å². The first kappa shape index (κ1) is 22.8. The van der Waals surface area contributed by atoms with Crippen LogP contribution >= 0.6 is 11.8 Å². The molecule has 0 saturated carbocycles. The number of carbonyl (C=O) groups is 2. The molecule has 1 aliphatic heterocycles. The second-order valence-electron chi connectivity index (χ2n) is 7.15. The molecule has 0 spiro atoms. The van der Waals surface area contributed by atoms with Gasteiger partial charge < -0.3 is 14.7 Å². The fourth-order valence-electron chi connectivity index (χ4n) is 3.13. The van der Waals surface area contributed by atoms with Crippen LogP contribution in [-0.2, 0) is 4.79 Å². The standard InChI is InChI=1S/C22H28N6O2S/c1-5-28(6-2)13-12-26(3)21-23-16(14-18-20(29)25-22(30)31-18)15-19(24-21)27(4)17-10-8-7-9-11-17/h7-11,14-15H,5-6,12-13H2,1-4H3,(H,25,29,30). The van der Waals surface area contributed by atoms with Crippen molar-refractivity contribution in [1.29, 1.82) is 0 Å². The van der Waals surface area contributed by atoms with Crippen LogP contribution in [0.25, 0.3) is 6.08 Å². The van der Waals surface area contributed by atoms with E-state index in [0.717, 1.165) is 43.6 Å². The summed E-state index contributed by atoms with van der Waals surface area (Å²) in [5.41, 5.74) is 1.56. The zero-order valence-corrected chi connectivity index (χ0v) is 19.1. The van der Waals surface area contributed by atoms with Crippen LogP contribution in [0.15, 0.2) is 41.3 Å². The van der Waals surface area contributed by atoms with E-state index in [2.05, 4.69) is 29.0 Å². The van der Waals surface area contributed by atoms with Gasteiger partial charge in [0, 0.05) is 38.9 Å². The maximum atomic E-state index is 12.0. The quantitative estimate of drug-likeness (QED) is 0.595. The molecule has 1 aliphatic rings. The van der Waals surface area contributed by atoms with Crippen molar-refractivity contribution in [2.24, 2.45) is 0 Å². The fourth-order valence-corrected chi connectivity index (χ4v) is 3.79. The molecule has 0 unspecified atom stereocenters. The van der Waals surface area contributed by atoms with Crippen molar-refractivity contribution < 1.29 is 9.59 Å². The minimum atomic E-state index is -0.400. The predicted octanol–water partition coefficient (Wildman–Crippen LogP) is 3.35. The smallest absolute Gasteiger partial charge is 0.290 e. The lowest BCUT2D eigenvalue weighted by Gasteiger charge is -2.25. The summed E-state index contributed by atoms with van der Waals surface area (Å²) in [5, 5.41) is 1.91. The van der Waals surface area contributed by atoms with Crippen molar-refractivity contribution in [1.82, 2.24) is 20.2 Å². The third-order valence-electron chi connectivity index (χ3n) is 5.12. The van der Waals surface area contributed by atoms with Crippen molar-refractivity contribution in [3.05, 3.63) is 47.0 Å². The number of rotatable bonds is 9. The number of amides is 2. The molecule has 164 valence electrons. The molecule has 1 aromatic heterocycles. The summed E-state index contributed by atoms with van der Waals surface area (Å²) >= 11 is 0.881. The van der Waals surface area contributed by atoms with Crippen LogP contribution in [0, 0.1) is 0 Å². The van der Waals surface area contributed by atoms with Gasteiger partial charge in [-0.15, -0.1) is 0 Å². The molecule has 3 rings (SSSR count). The maximum absolute atomic E-state index is 12.0. The molecule has 1 aromatic carbocycles. The Hall–Kier alpha value is -2.91. The Labute approximate surface area is 187 Å². The Balaban J connectivity index is 1.94. The molecule has 31 heavy (non-hydrogen) atoms. The number of benzene rings is 1. The van der Waals surface area contributed by atoms with Crippen LogP contribution < -0.4 is 15.1 Å². The first-order valence-electron chi connectivity index (χ1n) is 10.3. The summed E-state index contributed by atoms with van der Waals surface area (Å²) in [6.07, 6.45) is 1.64. The second kappa shape index (κ2) is 10.4. The zero-order chi connectivity index (χ0) is 22.4. The van der Waals surface area contributed by atoms with Crippen molar-refractivity contribution in [2.45, 2.75) is 13.8 Å². The summed E-state index contributed by atoms with van der Waals surface area (Å²) in [5.74, 6) is 0.865. The van der Waals surface area contributed by atoms with Gasteiger partial charge in [0.05, 0.1) is 10.6 Å². The van der Waals surface area contributed by atoms with Crippen molar-refractivity contribution in [3.8, 4) is 0 Å². The minimum absolute atomic E-state index is 0.328. The highest BCUT2D eigenvalue weighted by molar-refractivity contribution is 8.18. The van der Waals surface area contributed by atoms with Gasteiger partial charge in [-0.25, -0.2) is 4.98 Å². The zero-order valence-electron chi connectivity index (χ0n) is 18.3. The SMILES string of the molecule is CCN(CC)CCN(C)c1nc(C=C2SC(=O)NC2=O)cc(N(C)c2ccccc2)n1. The summed E-state index contributed by atoms with van der Waals surface area (Å²) in [4.78, 5) is 39.6. The number of carbonyl (C=O) groups excluding carboxylic acids is 2. The van der Waals surface area contributed by atoms with Crippen LogP contribution in [0.3, 0.4) is 0 Å². The highest BCUT2D eigenvalue weighted by atomic mass is 32.2. The first-order chi connectivity index (χ1) is 14.9. The number of imide groups is 1. The van der Waals surface area contributed by atoms with Crippen molar-refractivity contribution in [3.63, 3.8) is 0 Å². The molecule has 1 N–H and O–H groups in total. The molecule has 0 radical (unpaired) electrons. The van der Waals surface area contributed by atoms with E-state index in [1.54, 1.807) is 6.08 Å². The average Bonchev–Trinajstić information content (AvgIpc) is 3.10. The summed E-state index contributed by atoms with van der Waals surface area (Å²) < 4.78 is 0. The number of aromatic nitrogens is 2. The molecular formula is C22H28N6O2S. The Kier molecular flexibility index (Phi) is 7.64. The fraction of sp³-hybridized carbons (Fsp3) is 0.364. The number of nitrogens with zero attached hydrogens (tertiary/aromatic N) is 5. The Morgan fingerprint density at radius 3 is 2.35 bits per heavy atom. The number of hydrogen-bond acceptors (Lipinski definition) is 8. The topological polar surface area (TPSA) is 81.7 Å². The second-order valence-corrected chi connectivity index (χ2v) is 8.16. The third-order valence-corrected chi connectivity index (χ3v) is 5.93. The molecule has 8 nitrogen and oxygen atoms in total. The Morgan fingerprint density at radius 2 is 1.74 bits per heavy atom. The van der Waals surface area contributed by atoms with Gasteiger partial charge in [0.25, 0.3) is 11.1 Å². The molecule has 2 heterocycles. The van der Waals surface area contributed by atoms with Crippen molar-refractivity contribution >= 4 is 46.4 Å². The van der Waals surface area contributed by atoms with E-state index in [4.69, 9.17) is 4.98 Å². The molecule has 0 aliphatic carbocycles. The minimum Gasteiger partial charge on any atom is -0.343 e. The van der Waals surface area contributed by atoms with Crippen LogP contribution in [-0.4, -0.2) is 66.3 Å². The molecule has 0 atom stereocenters. The van der Waals surface area contributed by atoms with Gasteiger partial charge in [-0.3, -0.25) is 14.9 Å². The van der Waals surface area contributed by atoms with E-state index < -0.39 is 5.91 Å². The summed E-state index contributed by atoms with van der Waals surface area (Å²) in [6.45, 7) is 7.93. The molecular weight excluding hydrogens is 412 g/mol. The van der Waals surface area contributed by atoms with Gasteiger partial charge in [0.1, 0.15) is 5.82 Å². The maximum Gasteiger partial charge on any atom is 0.290 e. The van der Waals surface area contributed by atoms with Crippen LogP contribution in [0.4, 0.5) is 22.2 Å². The molecule has 1 fully saturated rings. The van der Waals surface area contributed by atoms with E-state index in [9.17, 15) is 9.59 Å². The van der Waals surface area contributed by atoms with Gasteiger partial charge >= 0.3 is 0 Å². The molecule has 2 aromatic rings. The van der Waals surface area contributed by atoms with E-state index in [-0.39, 0.29) is 5.24 Å². The lowest BCUT2D eigenvalue weighted by atomic mass is 10.2. The van der Waals surface area contributed by atoms with Crippen LogP contribution in [0.5, 0.6) is 0 Å². The number of hydrogen-bond donors (Lipinski definition) is 1. The van der Waals surface area contributed by atoms with E-state index in [1.807, 2.05) is 60.3 Å². The first-order valence-corrected chi connectivity index (χ1v) is 11.1. The lowest BCUT2D eigenvalue weighted by Crippen LogP contribution is -2.34. The Bertz CT molecular complexity index is 962. The number of thioether (sulfide) groups is 1. The largest absolute Gasteiger partial charge is 0.343 e. The predicted molar refractivity (Wildman–Crippen MR) is 127 cm³/mol. The molecule has 0 bridgehead atoms. The van der Waals surface area contributed by atoms with Crippen LogP contribution in [0.1, 0.15) is 19.5 Å². The average molecular weight is 441 g/mol. The van der Waals surface area contributed by atoms with E-state index in [0.29, 0.717) is 22.4 Å². The Morgan fingerprint density at radius 1 is 1.03 bits per heavy atom. The monoisotopic (exact) mass is 440 g/mol. The normalized spacial score (nSPS) is 14.9. The van der Waals surface area contributed by atoms with Gasteiger partial charge in [-0.1, -0.05) is 32.0 Å². The van der Waals surface area contributed by atoms with Gasteiger partial charge in [-0.2, -0.15) is 4.98 Å². The highest BCUT2D eigenvalue weighted by Gasteiger charge is 2.25.